The highest BCUT2D eigenvalue weighted by Gasteiger charge is 2.30. The minimum Gasteiger partial charge on any atom is -0.474 e. The molecule has 0 bridgehead atoms. The summed E-state index contributed by atoms with van der Waals surface area (Å²) in [6, 6.07) is 2.75. The van der Waals surface area contributed by atoms with Crippen molar-refractivity contribution in [2.24, 2.45) is 0 Å². The number of piperazine rings is 1. The van der Waals surface area contributed by atoms with Gasteiger partial charge in [-0.15, -0.1) is 0 Å². The van der Waals surface area contributed by atoms with Crippen molar-refractivity contribution in [1.82, 2.24) is 9.88 Å². The van der Waals surface area contributed by atoms with Crippen LogP contribution in [0, 0.1) is 5.82 Å². The highest BCUT2D eigenvalue weighted by Crippen LogP contribution is 2.38. The van der Waals surface area contributed by atoms with E-state index >= 15 is 0 Å². The standard InChI is InChI=1S/C17H17BF3N3O3/c19-13-7-11-14(8-15(13)23-5-3-22-4-6-23)24(10-1-2-10)9-12(16(11)25)17(26)27-18(20)21/h7-10,22H,1-6H2. The molecule has 10 heteroatoms. The van der Waals surface area contributed by atoms with Crippen molar-refractivity contribution in [2.45, 2.75) is 18.9 Å². The SMILES string of the molecule is O=C(OB(F)F)c1cn(C2CC2)c2cc(N3CCNCC3)c(F)cc2c1=O. The van der Waals surface area contributed by atoms with Crippen molar-refractivity contribution >= 4 is 30.0 Å². The maximum absolute atomic E-state index is 14.7. The molecule has 6 nitrogen and oxygen atoms in total. The summed E-state index contributed by atoms with van der Waals surface area (Å²) in [5, 5.41) is 3.18. The molecule has 2 fully saturated rings. The molecule has 2 heterocycles. The second-order valence-electron chi connectivity index (χ2n) is 6.73. The molecule has 0 radical (unpaired) electrons. The first-order valence-electron chi connectivity index (χ1n) is 8.79. The van der Waals surface area contributed by atoms with Crippen LogP contribution in [0.25, 0.3) is 10.9 Å². The lowest BCUT2D eigenvalue weighted by molar-refractivity contribution is 0.0693. The van der Waals surface area contributed by atoms with E-state index in [4.69, 9.17) is 0 Å². The van der Waals surface area contributed by atoms with Crippen LogP contribution in [0.5, 0.6) is 0 Å². The Morgan fingerprint density at radius 2 is 1.93 bits per heavy atom. The van der Waals surface area contributed by atoms with Gasteiger partial charge in [-0.05, 0) is 25.0 Å². The van der Waals surface area contributed by atoms with Crippen molar-refractivity contribution in [1.29, 1.82) is 0 Å². The summed E-state index contributed by atoms with van der Waals surface area (Å²) >= 11 is 0. The molecule has 1 N–H and O–H groups in total. The normalized spacial score (nSPS) is 17.2. The van der Waals surface area contributed by atoms with Gasteiger partial charge in [-0.3, -0.25) is 4.79 Å². The number of hydrogen-bond acceptors (Lipinski definition) is 5. The first-order chi connectivity index (χ1) is 13.0. The lowest BCUT2D eigenvalue weighted by Gasteiger charge is -2.30. The third kappa shape index (κ3) is 3.41. The molecule has 2 aromatic rings. The van der Waals surface area contributed by atoms with Gasteiger partial charge in [0.1, 0.15) is 11.4 Å². The molecule has 1 saturated carbocycles. The minimum absolute atomic E-state index is 0.0120. The van der Waals surface area contributed by atoms with Crippen LogP contribution in [0.15, 0.2) is 23.1 Å². The van der Waals surface area contributed by atoms with Gasteiger partial charge < -0.3 is 19.4 Å². The van der Waals surface area contributed by atoms with Crippen LogP contribution >= 0.6 is 0 Å². The van der Waals surface area contributed by atoms with E-state index < -0.39 is 30.2 Å². The second kappa shape index (κ2) is 6.92. The number of benzene rings is 1. The van der Waals surface area contributed by atoms with Crippen molar-refractivity contribution < 1.29 is 22.5 Å². The van der Waals surface area contributed by atoms with E-state index in [1.165, 1.54) is 6.20 Å². The van der Waals surface area contributed by atoms with Gasteiger partial charge in [0.2, 0.25) is 5.43 Å². The number of nitrogens with zero attached hydrogens (tertiary/aromatic N) is 2. The Kier molecular flexibility index (Phi) is 4.59. The highest BCUT2D eigenvalue weighted by molar-refractivity contribution is 6.38. The van der Waals surface area contributed by atoms with Crippen LogP contribution in [-0.2, 0) is 4.65 Å². The summed E-state index contributed by atoms with van der Waals surface area (Å²) in [6.07, 6.45) is 2.93. The average Bonchev–Trinajstić information content (AvgIpc) is 3.47. The van der Waals surface area contributed by atoms with Crippen molar-refractivity contribution in [3.8, 4) is 0 Å². The van der Waals surface area contributed by atoms with Crippen LogP contribution in [0.1, 0.15) is 29.2 Å². The fourth-order valence-corrected chi connectivity index (χ4v) is 3.45. The van der Waals surface area contributed by atoms with Gasteiger partial charge in [0.05, 0.1) is 11.2 Å². The van der Waals surface area contributed by atoms with Gasteiger partial charge in [0.15, 0.2) is 0 Å². The van der Waals surface area contributed by atoms with Gasteiger partial charge >= 0.3 is 13.4 Å². The van der Waals surface area contributed by atoms with E-state index in [1.54, 1.807) is 10.6 Å². The zero-order valence-corrected chi connectivity index (χ0v) is 14.4. The number of pyridine rings is 1. The number of anilines is 1. The predicted molar refractivity (Wildman–Crippen MR) is 94.9 cm³/mol. The van der Waals surface area contributed by atoms with E-state index in [2.05, 4.69) is 9.97 Å². The third-order valence-electron chi connectivity index (χ3n) is 4.91. The maximum Gasteiger partial charge on any atom is 0.798 e. The molecule has 2 aliphatic rings. The lowest BCUT2D eigenvalue weighted by atomic mass is 10.1. The summed E-state index contributed by atoms with van der Waals surface area (Å²) < 4.78 is 45.1. The molecule has 1 aliphatic carbocycles. The zero-order chi connectivity index (χ0) is 19.1. The molecule has 142 valence electrons. The Labute approximate surface area is 153 Å². The van der Waals surface area contributed by atoms with Crippen LogP contribution in [0.2, 0.25) is 0 Å². The van der Waals surface area contributed by atoms with Crippen LogP contribution in [0.3, 0.4) is 0 Å². The quantitative estimate of drug-likeness (QED) is 0.824. The average molecular weight is 379 g/mol. The summed E-state index contributed by atoms with van der Waals surface area (Å²) in [5.41, 5.74) is -0.436. The van der Waals surface area contributed by atoms with Crippen LogP contribution in [0.4, 0.5) is 18.7 Å². The Balaban J connectivity index is 1.87. The van der Waals surface area contributed by atoms with Gasteiger partial charge in [-0.2, -0.15) is 0 Å². The molecule has 0 spiro atoms. The molecule has 1 saturated heterocycles. The van der Waals surface area contributed by atoms with Gasteiger partial charge in [0, 0.05) is 43.8 Å². The second-order valence-corrected chi connectivity index (χ2v) is 6.73. The predicted octanol–water partition coefficient (Wildman–Crippen LogP) is 1.97. The van der Waals surface area contributed by atoms with Crippen LogP contribution < -0.4 is 15.6 Å². The lowest BCUT2D eigenvalue weighted by Crippen LogP contribution is -2.43. The van der Waals surface area contributed by atoms with Gasteiger partial charge in [0.25, 0.3) is 0 Å². The van der Waals surface area contributed by atoms with E-state index in [9.17, 15) is 22.6 Å². The molecule has 0 unspecified atom stereocenters. The Hall–Kier alpha value is -2.49. The molecule has 1 aliphatic heterocycles. The number of aromatic nitrogens is 1. The molecule has 4 rings (SSSR count). The molecular weight excluding hydrogens is 362 g/mol. The molecule has 1 aromatic carbocycles. The molecular formula is C17H17BF3N3O3. The summed E-state index contributed by atoms with van der Waals surface area (Å²) in [4.78, 5) is 26.4. The third-order valence-corrected chi connectivity index (χ3v) is 4.91. The monoisotopic (exact) mass is 379 g/mol. The van der Waals surface area contributed by atoms with Crippen LogP contribution in [-0.4, -0.2) is 44.2 Å². The van der Waals surface area contributed by atoms with Crippen molar-refractivity contribution in [3.63, 3.8) is 0 Å². The van der Waals surface area contributed by atoms with E-state index in [-0.39, 0.29) is 11.4 Å². The number of fused-ring (bicyclic) bond motifs is 1. The molecule has 27 heavy (non-hydrogen) atoms. The number of rotatable bonds is 4. The van der Waals surface area contributed by atoms with E-state index in [0.29, 0.717) is 24.3 Å². The Morgan fingerprint density at radius 1 is 1.22 bits per heavy atom. The summed E-state index contributed by atoms with van der Waals surface area (Å²) in [7, 11) is -3.33. The maximum atomic E-state index is 14.7. The summed E-state index contributed by atoms with van der Waals surface area (Å²) in [6.45, 7) is 2.72. The number of carbonyl (C=O) groups is 1. The number of hydrogen-bond donors (Lipinski definition) is 1. The zero-order valence-electron chi connectivity index (χ0n) is 14.4. The smallest absolute Gasteiger partial charge is 0.474 e. The Bertz CT molecular complexity index is 956. The van der Waals surface area contributed by atoms with Gasteiger partial charge in [-0.25, -0.2) is 17.8 Å². The Morgan fingerprint density at radius 3 is 2.56 bits per heavy atom. The first-order valence-corrected chi connectivity index (χ1v) is 8.79. The van der Waals surface area contributed by atoms with E-state index in [1.807, 2.05) is 4.90 Å². The van der Waals surface area contributed by atoms with Crippen molar-refractivity contribution in [2.75, 3.05) is 31.1 Å². The number of nitrogens with one attached hydrogen (secondary N) is 1. The molecule has 0 atom stereocenters. The topological polar surface area (TPSA) is 63.6 Å². The fraction of sp³-hybridized carbons (Fsp3) is 0.412. The number of halogens is 3. The minimum atomic E-state index is -3.33. The number of carbonyl (C=O) groups excluding carboxylic acids is 1. The molecule has 0 amide bonds. The fourth-order valence-electron chi connectivity index (χ4n) is 3.45. The van der Waals surface area contributed by atoms with Crippen molar-refractivity contribution in [3.05, 3.63) is 39.9 Å². The van der Waals surface area contributed by atoms with Gasteiger partial charge in [-0.1, -0.05) is 0 Å². The highest BCUT2D eigenvalue weighted by atomic mass is 19.2. The van der Waals surface area contributed by atoms with E-state index in [0.717, 1.165) is 32.0 Å². The summed E-state index contributed by atoms with van der Waals surface area (Å²) in [5.74, 6) is -1.99. The molecule has 1 aromatic heterocycles. The largest absolute Gasteiger partial charge is 0.798 e. The first kappa shape index (κ1) is 17.9.